The van der Waals surface area contributed by atoms with Crippen LogP contribution >= 0.6 is 28.3 Å². The molecule has 0 spiro atoms. The maximum atomic E-state index is 11.5. The van der Waals surface area contributed by atoms with Gasteiger partial charge in [-0.15, -0.1) is 12.4 Å². The zero-order chi connectivity index (χ0) is 13.5. The van der Waals surface area contributed by atoms with E-state index in [-0.39, 0.29) is 30.3 Å². The van der Waals surface area contributed by atoms with Crippen molar-refractivity contribution in [1.82, 2.24) is 5.32 Å². The number of nitrogens with one attached hydrogen (secondary N) is 1. The number of nitrogens with two attached hydrogens (primary N) is 1. The van der Waals surface area contributed by atoms with Crippen LogP contribution in [0.4, 0.5) is 0 Å². The van der Waals surface area contributed by atoms with Crippen molar-refractivity contribution in [3.05, 3.63) is 28.7 Å². The normalized spacial score (nSPS) is 13.1. The molecule has 0 aliphatic heterocycles. The van der Waals surface area contributed by atoms with Crippen LogP contribution in [0.3, 0.4) is 0 Å². The first-order chi connectivity index (χ1) is 8.52. The van der Waals surface area contributed by atoms with Crippen LogP contribution in [-0.2, 0) is 4.79 Å². The van der Waals surface area contributed by atoms with Gasteiger partial charge in [0.25, 0.3) is 0 Å². The standard InChI is InChI=1S/C13H19BrN2O2.ClH/c1-9(7-15)13(17)16-8-10(2)18-12-5-3-11(14)4-6-12;/h3-6,9-10H,7-8,15H2,1-2H3,(H,16,17);1H. The molecule has 0 aromatic heterocycles. The van der Waals surface area contributed by atoms with Gasteiger partial charge < -0.3 is 15.8 Å². The molecule has 1 amide bonds. The van der Waals surface area contributed by atoms with Crippen molar-refractivity contribution in [2.45, 2.75) is 20.0 Å². The Labute approximate surface area is 128 Å². The SMILES string of the molecule is CC(CNC(=O)C(C)CN)Oc1ccc(Br)cc1.Cl. The predicted octanol–water partition coefficient (Wildman–Crippen LogP) is 2.35. The molecule has 2 unspecified atom stereocenters. The molecule has 0 fully saturated rings. The van der Waals surface area contributed by atoms with E-state index < -0.39 is 0 Å². The van der Waals surface area contributed by atoms with E-state index in [1.807, 2.05) is 31.2 Å². The third-order valence-corrected chi connectivity index (χ3v) is 3.04. The molecule has 2 atom stereocenters. The molecule has 0 saturated heterocycles. The van der Waals surface area contributed by atoms with Gasteiger partial charge in [0, 0.05) is 16.9 Å². The van der Waals surface area contributed by atoms with Crippen LogP contribution in [0.5, 0.6) is 5.75 Å². The average Bonchev–Trinajstić information content (AvgIpc) is 2.37. The molecule has 4 nitrogen and oxygen atoms in total. The van der Waals surface area contributed by atoms with E-state index in [4.69, 9.17) is 10.5 Å². The Morgan fingerprint density at radius 3 is 2.47 bits per heavy atom. The fourth-order valence-electron chi connectivity index (χ4n) is 1.31. The highest BCUT2D eigenvalue weighted by atomic mass is 79.9. The molecule has 6 heteroatoms. The zero-order valence-corrected chi connectivity index (χ0v) is 13.5. The smallest absolute Gasteiger partial charge is 0.224 e. The fraction of sp³-hybridized carbons (Fsp3) is 0.462. The van der Waals surface area contributed by atoms with Gasteiger partial charge in [-0.2, -0.15) is 0 Å². The van der Waals surface area contributed by atoms with Crippen LogP contribution in [-0.4, -0.2) is 25.1 Å². The van der Waals surface area contributed by atoms with Gasteiger partial charge in [0.2, 0.25) is 5.91 Å². The Bertz CT molecular complexity index is 387. The van der Waals surface area contributed by atoms with Crippen molar-refractivity contribution in [1.29, 1.82) is 0 Å². The largest absolute Gasteiger partial charge is 0.489 e. The average molecular weight is 352 g/mol. The number of amides is 1. The second kappa shape index (κ2) is 9.18. The van der Waals surface area contributed by atoms with Crippen LogP contribution in [0.1, 0.15) is 13.8 Å². The van der Waals surface area contributed by atoms with Gasteiger partial charge in [0.1, 0.15) is 11.9 Å². The summed E-state index contributed by atoms with van der Waals surface area (Å²) in [6.45, 7) is 4.54. The lowest BCUT2D eigenvalue weighted by Crippen LogP contribution is -2.38. The Hall–Kier alpha value is -0.780. The van der Waals surface area contributed by atoms with Gasteiger partial charge in [0.15, 0.2) is 0 Å². The predicted molar refractivity (Wildman–Crippen MR) is 82.7 cm³/mol. The molecule has 108 valence electrons. The molecular weight excluding hydrogens is 332 g/mol. The summed E-state index contributed by atoms with van der Waals surface area (Å²) in [5.41, 5.74) is 5.42. The van der Waals surface area contributed by atoms with Crippen LogP contribution in [0.15, 0.2) is 28.7 Å². The first-order valence-electron chi connectivity index (χ1n) is 5.93. The minimum atomic E-state index is -0.162. The van der Waals surface area contributed by atoms with E-state index in [0.29, 0.717) is 13.1 Å². The van der Waals surface area contributed by atoms with Gasteiger partial charge in [-0.3, -0.25) is 4.79 Å². The molecule has 0 saturated carbocycles. The number of hydrogen-bond acceptors (Lipinski definition) is 3. The summed E-state index contributed by atoms with van der Waals surface area (Å²) in [4.78, 5) is 11.5. The van der Waals surface area contributed by atoms with Gasteiger partial charge in [0.05, 0.1) is 6.54 Å². The Morgan fingerprint density at radius 1 is 1.37 bits per heavy atom. The van der Waals surface area contributed by atoms with Crippen LogP contribution in [0, 0.1) is 5.92 Å². The van der Waals surface area contributed by atoms with Crippen LogP contribution in [0.2, 0.25) is 0 Å². The van der Waals surface area contributed by atoms with E-state index in [1.165, 1.54) is 0 Å². The van der Waals surface area contributed by atoms with Crippen molar-refractivity contribution in [2.24, 2.45) is 11.7 Å². The van der Waals surface area contributed by atoms with Gasteiger partial charge in [-0.25, -0.2) is 0 Å². The number of ether oxygens (including phenoxy) is 1. The Morgan fingerprint density at radius 2 is 1.95 bits per heavy atom. The third-order valence-electron chi connectivity index (χ3n) is 2.52. The summed E-state index contributed by atoms with van der Waals surface area (Å²) < 4.78 is 6.67. The van der Waals surface area contributed by atoms with Crippen molar-refractivity contribution in [2.75, 3.05) is 13.1 Å². The first-order valence-corrected chi connectivity index (χ1v) is 6.72. The molecule has 0 aliphatic rings. The minimum absolute atomic E-state index is 0. The lowest BCUT2D eigenvalue weighted by atomic mass is 10.1. The number of carbonyl (C=O) groups is 1. The summed E-state index contributed by atoms with van der Waals surface area (Å²) in [5, 5.41) is 2.81. The maximum Gasteiger partial charge on any atom is 0.224 e. The summed E-state index contributed by atoms with van der Waals surface area (Å²) >= 11 is 3.36. The lowest BCUT2D eigenvalue weighted by molar-refractivity contribution is -0.124. The second-order valence-electron chi connectivity index (χ2n) is 4.26. The molecule has 0 radical (unpaired) electrons. The van der Waals surface area contributed by atoms with E-state index >= 15 is 0 Å². The minimum Gasteiger partial charge on any atom is -0.489 e. The number of hydrogen-bond donors (Lipinski definition) is 2. The van der Waals surface area contributed by atoms with Crippen molar-refractivity contribution < 1.29 is 9.53 Å². The van der Waals surface area contributed by atoms with E-state index in [0.717, 1.165) is 10.2 Å². The molecule has 3 N–H and O–H groups in total. The Balaban J connectivity index is 0.00000324. The first kappa shape index (κ1) is 18.2. The van der Waals surface area contributed by atoms with Gasteiger partial charge >= 0.3 is 0 Å². The molecule has 19 heavy (non-hydrogen) atoms. The van der Waals surface area contributed by atoms with Gasteiger partial charge in [-0.1, -0.05) is 22.9 Å². The quantitative estimate of drug-likeness (QED) is 0.827. The molecule has 0 heterocycles. The second-order valence-corrected chi connectivity index (χ2v) is 5.18. The van der Waals surface area contributed by atoms with Crippen molar-refractivity contribution in [3.63, 3.8) is 0 Å². The lowest BCUT2D eigenvalue weighted by Gasteiger charge is -2.17. The third kappa shape index (κ3) is 6.80. The van der Waals surface area contributed by atoms with E-state index in [1.54, 1.807) is 6.92 Å². The van der Waals surface area contributed by atoms with Crippen LogP contribution in [0.25, 0.3) is 0 Å². The molecule has 1 rings (SSSR count). The summed E-state index contributed by atoms with van der Waals surface area (Å²) in [6, 6.07) is 7.59. The number of benzene rings is 1. The van der Waals surface area contributed by atoms with E-state index in [2.05, 4.69) is 21.2 Å². The molecular formula is C13H20BrClN2O2. The topological polar surface area (TPSA) is 64.4 Å². The number of carbonyl (C=O) groups excluding carboxylic acids is 1. The highest BCUT2D eigenvalue weighted by Gasteiger charge is 2.12. The molecule has 0 aliphatic carbocycles. The number of halogens is 2. The fourth-order valence-corrected chi connectivity index (χ4v) is 1.58. The summed E-state index contributed by atoms with van der Waals surface area (Å²) in [7, 11) is 0. The summed E-state index contributed by atoms with van der Waals surface area (Å²) in [6.07, 6.45) is -0.0832. The zero-order valence-electron chi connectivity index (χ0n) is 11.1. The summed E-state index contributed by atoms with van der Waals surface area (Å²) in [5.74, 6) is 0.584. The number of rotatable bonds is 6. The monoisotopic (exact) mass is 350 g/mol. The van der Waals surface area contributed by atoms with E-state index in [9.17, 15) is 4.79 Å². The maximum absolute atomic E-state index is 11.5. The Kier molecular flexibility index (Phi) is 8.80. The highest BCUT2D eigenvalue weighted by Crippen LogP contribution is 2.17. The van der Waals surface area contributed by atoms with Crippen molar-refractivity contribution in [3.8, 4) is 5.75 Å². The molecule has 1 aromatic rings. The highest BCUT2D eigenvalue weighted by molar-refractivity contribution is 9.10. The van der Waals surface area contributed by atoms with Crippen LogP contribution < -0.4 is 15.8 Å². The molecule has 1 aromatic carbocycles. The van der Waals surface area contributed by atoms with Crippen molar-refractivity contribution >= 4 is 34.2 Å². The van der Waals surface area contributed by atoms with Gasteiger partial charge in [-0.05, 0) is 31.2 Å². The molecule has 0 bridgehead atoms.